The second-order valence-electron chi connectivity index (χ2n) is 4.39. The van der Waals surface area contributed by atoms with Gasteiger partial charge in [-0.05, 0) is 12.0 Å². The van der Waals surface area contributed by atoms with Crippen molar-refractivity contribution in [2.45, 2.75) is 26.4 Å². The Bertz CT molecular complexity index is 617. The minimum Gasteiger partial charge on any atom is -0.456 e. The predicted molar refractivity (Wildman–Crippen MR) is 72.4 cm³/mol. The third-order valence-electron chi connectivity index (χ3n) is 2.55. The van der Waals surface area contributed by atoms with Gasteiger partial charge in [0, 0.05) is 18.0 Å². The van der Waals surface area contributed by atoms with Crippen LogP contribution in [0, 0.1) is 0 Å². The molecule has 0 amide bonds. The van der Waals surface area contributed by atoms with Crippen LogP contribution in [-0.2, 0) is 11.3 Å². The molecule has 0 saturated carbocycles. The second kappa shape index (κ2) is 5.79. The fourth-order valence-electron chi connectivity index (χ4n) is 1.53. The summed E-state index contributed by atoms with van der Waals surface area (Å²) >= 11 is 1.42. The van der Waals surface area contributed by atoms with Crippen LogP contribution in [0.25, 0.3) is 0 Å². The van der Waals surface area contributed by atoms with Gasteiger partial charge in [0.05, 0.1) is 16.0 Å². The number of H-pyrrole nitrogens is 1. The van der Waals surface area contributed by atoms with Crippen LogP contribution in [0.1, 0.15) is 40.7 Å². The van der Waals surface area contributed by atoms with Gasteiger partial charge in [-0.25, -0.2) is 4.79 Å². The van der Waals surface area contributed by atoms with E-state index in [2.05, 4.69) is 9.97 Å². The van der Waals surface area contributed by atoms with Crippen molar-refractivity contribution in [1.82, 2.24) is 9.97 Å². The molecule has 1 N–H and O–H groups in total. The van der Waals surface area contributed by atoms with Gasteiger partial charge in [0.25, 0.3) is 0 Å². The Kier molecular flexibility index (Phi) is 4.11. The van der Waals surface area contributed by atoms with Crippen molar-refractivity contribution >= 4 is 17.3 Å². The molecular weight excluding hydrogens is 264 g/mol. The molecule has 2 heterocycles. The molecule has 2 rings (SSSR count). The van der Waals surface area contributed by atoms with E-state index >= 15 is 0 Å². The zero-order valence-electron chi connectivity index (χ0n) is 10.7. The van der Waals surface area contributed by atoms with Gasteiger partial charge in [-0.15, -0.1) is 11.3 Å². The maximum atomic E-state index is 11.9. The number of nitrogens with zero attached hydrogens (tertiary/aromatic N) is 1. The van der Waals surface area contributed by atoms with Crippen LogP contribution in [-0.4, -0.2) is 15.9 Å². The number of nitrogens with one attached hydrogen (secondary N) is 1. The zero-order chi connectivity index (χ0) is 13.8. The Morgan fingerprint density at radius 1 is 1.47 bits per heavy atom. The van der Waals surface area contributed by atoms with E-state index in [4.69, 9.17) is 4.74 Å². The largest absolute Gasteiger partial charge is 0.456 e. The lowest BCUT2D eigenvalue weighted by Gasteiger charge is -2.07. The average molecular weight is 278 g/mol. The van der Waals surface area contributed by atoms with Gasteiger partial charge < -0.3 is 9.72 Å². The van der Waals surface area contributed by atoms with E-state index in [1.165, 1.54) is 17.4 Å². The highest BCUT2D eigenvalue weighted by atomic mass is 32.1. The molecule has 0 radical (unpaired) electrons. The Labute approximate surface area is 114 Å². The minimum absolute atomic E-state index is 0.141. The van der Waals surface area contributed by atoms with E-state index in [-0.39, 0.29) is 23.6 Å². The van der Waals surface area contributed by atoms with Crippen molar-refractivity contribution in [1.29, 1.82) is 0 Å². The molecule has 0 bridgehead atoms. The molecule has 5 nitrogen and oxygen atoms in total. The molecule has 0 aromatic carbocycles. The maximum absolute atomic E-state index is 11.9. The third-order valence-corrected chi connectivity index (χ3v) is 3.30. The van der Waals surface area contributed by atoms with Gasteiger partial charge in [0.15, 0.2) is 0 Å². The number of carbonyl (C=O) groups is 1. The number of carbonyl (C=O) groups excluding carboxylic acids is 1. The molecule has 6 heteroatoms. The highest BCUT2D eigenvalue weighted by Gasteiger charge is 2.11. The summed E-state index contributed by atoms with van der Waals surface area (Å²) in [6.07, 6.45) is 1.65. The number of aromatic amines is 1. The van der Waals surface area contributed by atoms with Crippen LogP contribution in [0.4, 0.5) is 0 Å². The van der Waals surface area contributed by atoms with Crippen molar-refractivity contribution in [2.24, 2.45) is 0 Å². The van der Waals surface area contributed by atoms with Gasteiger partial charge in [0.1, 0.15) is 6.61 Å². The van der Waals surface area contributed by atoms with Crippen LogP contribution in [0.15, 0.2) is 28.6 Å². The molecule has 0 saturated heterocycles. The summed E-state index contributed by atoms with van der Waals surface area (Å²) in [5, 5.41) is 0. The fraction of sp³-hybridized carbons (Fsp3) is 0.308. The lowest BCUT2D eigenvalue weighted by atomic mass is 10.1. The van der Waals surface area contributed by atoms with Gasteiger partial charge in [-0.2, -0.15) is 0 Å². The zero-order valence-corrected chi connectivity index (χ0v) is 11.5. The Morgan fingerprint density at radius 2 is 2.26 bits per heavy atom. The van der Waals surface area contributed by atoms with E-state index in [1.807, 2.05) is 13.8 Å². The monoisotopic (exact) mass is 278 g/mol. The number of hydrogen-bond acceptors (Lipinski definition) is 5. The lowest BCUT2D eigenvalue weighted by Crippen LogP contribution is -2.14. The molecule has 0 atom stereocenters. The summed E-state index contributed by atoms with van der Waals surface area (Å²) in [7, 11) is 0. The van der Waals surface area contributed by atoms with Crippen LogP contribution in [0.2, 0.25) is 0 Å². The molecule has 0 unspecified atom stereocenters. The predicted octanol–water partition coefficient (Wildman–Crippen LogP) is 2.31. The third kappa shape index (κ3) is 3.51. The molecule has 0 aliphatic rings. The molecular formula is C13H14N2O3S. The number of thiazole rings is 1. The highest BCUT2D eigenvalue weighted by molar-refractivity contribution is 7.09. The van der Waals surface area contributed by atoms with Gasteiger partial charge in [-0.3, -0.25) is 9.78 Å². The first kappa shape index (κ1) is 13.5. The van der Waals surface area contributed by atoms with Crippen molar-refractivity contribution in [3.8, 4) is 0 Å². The van der Waals surface area contributed by atoms with Gasteiger partial charge >= 0.3 is 5.97 Å². The van der Waals surface area contributed by atoms with E-state index in [0.717, 1.165) is 10.6 Å². The number of aromatic nitrogens is 2. The molecule has 2 aromatic rings. The molecule has 0 aliphatic carbocycles. The second-order valence-corrected chi connectivity index (χ2v) is 5.36. The van der Waals surface area contributed by atoms with E-state index in [0.29, 0.717) is 0 Å². The molecule has 2 aromatic heterocycles. The minimum atomic E-state index is -0.499. The highest BCUT2D eigenvalue weighted by Crippen LogP contribution is 2.13. The first-order chi connectivity index (χ1) is 9.06. The summed E-state index contributed by atoms with van der Waals surface area (Å²) in [4.78, 5) is 30.8. The SMILES string of the molecule is CC(C)c1cc(C(=O)OCc2cncs2)cc(=O)[nH]1. The van der Waals surface area contributed by atoms with Gasteiger partial charge in [-0.1, -0.05) is 13.8 Å². The van der Waals surface area contributed by atoms with Gasteiger partial charge in [0.2, 0.25) is 5.56 Å². The summed E-state index contributed by atoms with van der Waals surface area (Å²) < 4.78 is 5.14. The molecule has 0 fully saturated rings. The molecule has 100 valence electrons. The maximum Gasteiger partial charge on any atom is 0.338 e. The van der Waals surface area contributed by atoms with Crippen LogP contribution >= 0.6 is 11.3 Å². The quantitative estimate of drug-likeness (QED) is 0.871. The number of esters is 1. The number of rotatable bonds is 4. The standard InChI is InChI=1S/C13H14N2O3S/c1-8(2)11-3-9(4-12(16)15-11)13(17)18-6-10-5-14-7-19-10/h3-5,7-8H,6H2,1-2H3,(H,15,16). The van der Waals surface area contributed by atoms with Crippen molar-refractivity contribution in [2.75, 3.05) is 0 Å². The number of ether oxygens (including phenoxy) is 1. The van der Waals surface area contributed by atoms with E-state index < -0.39 is 5.97 Å². The van der Waals surface area contributed by atoms with Crippen LogP contribution in [0.3, 0.4) is 0 Å². The Hall–Kier alpha value is -1.95. The van der Waals surface area contributed by atoms with Crippen molar-refractivity contribution in [3.63, 3.8) is 0 Å². The van der Waals surface area contributed by atoms with Crippen LogP contribution in [0.5, 0.6) is 0 Å². The van der Waals surface area contributed by atoms with Crippen molar-refractivity contribution < 1.29 is 9.53 Å². The summed E-state index contributed by atoms with van der Waals surface area (Å²) in [5.74, 6) is -0.358. The normalized spacial score (nSPS) is 10.7. The topological polar surface area (TPSA) is 72.0 Å². The average Bonchev–Trinajstić information content (AvgIpc) is 2.88. The van der Waals surface area contributed by atoms with Crippen molar-refractivity contribution in [3.05, 3.63) is 50.3 Å². The smallest absolute Gasteiger partial charge is 0.338 e. The molecule has 0 aliphatic heterocycles. The molecule has 19 heavy (non-hydrogen) atoms. The summed E-state index contributed by atoms with van der Waals surface area (Å²) in [6, 6.07) is 2.90. The molecule has 0 spiro atoms. The lowest BCUT2D eigenvalue weighted by molar-refractivity contribution is 0.0476. The summed E-state index contributed by atoms with van der Waals surface area (Å²) in [6.45, 7) is 4.06. The summed E-state index contributed by atoms with van der Waals surface area (Å²) in [5.41, 5.74) is 2.37. The first-order valence-electron chi connectivity index (χ1n) is 5.85. The number of pyridine rings is 1. The van der Waals surface area contributed by atoms with Crippen LogP contribution < -0.4 is 5.56 Å². The first-order valence-corrected chi connectivity index (χ1v) is 6.73. The fourth-order valence-corrected chi connectivity index (χ4v) is 2.03. The van der Waals surface area contributed by atoms with E-state index in [1.54, 1.807) is 17.8 Å². The van der Waals surface area contributed by atoms with E-state index in [9.17, 15) is 9.59 Å². The Balaban J connectivity index is 2.12. The Morgan fingerprint density at radius 3 is 2.89 bits per heavy atom. The number of hydrogen-bond donors (Lipinski definition) is 1.